The maximum Gasteiger partial charge on any atom is 0.0697 e. The molecule has 0 saturated heterocycles. The van der Waals surface area contributed by atoms with Crippen molar-refractivity contribution < 1.29 is 9.84 Å². The van der Waals surface area contributed by atoms with Crippen LogP contribution in [0.15, 0.2) is 24.3 Å². The third-order valence-corrected chi connectivity index (χ3v) is 1.87. The zero-order valence-corrected chi connectivity index (χ0v) is 9.29. The molecule has 0 aromatic heterocycles. The van der Waals surface area contributed by atoms with Crippen molar-refractivity contribution in [3.05, 3.63) is 35.4 Å². The van der Waals surface area contributed by atoms with E-state index in [9.17, 15) is 0 Å². The van der Waals surface area contributed by atoms with E-state index in [1.54, 1.807) is 0 Å². The van der Waals surface area contributed by atoms with Crippen LogP contribution in [0.5, 0.6) is 0 Å². The molecule has 1 N–H and O–H groups in total. The summed E-state index contributed by atoms with van der Waals surface area (Å²) in [7, 11) is 0. The smallest absolute Gasteiger partial charge is 0.0697 e. The van der Waals surface area contributed by atoms with Crippen LogP contribution in [-0.2, 0) is 4.74 Å². The summed E-state index contributed by atoms with van der Waals surface area (Å²) in [5, 5.41) is 8.07. The van der Waals surface area contributed by atoms with Gasteiger partial charge in [-0.1, -0.05) is 24.3 Å². The molecular weight excluding hydrogens is 176 g/mol. The van der Waals surface area contributed by atoms with Crippen LogP contribution in [-0.4, -0.2) is 24.9 Å². The van der Waals surface area contributed by atoms with Gasteiger partial charge in [0.25, 0.3) is 0 Å². The minimum atomic E-state index is 0.133. The molecule has 1 aromatic carbocycles. The van der Waals surface area contributed by atoms with Crippen molar-refractivity contribution in [2.45, 2.75) is 20.8 Å². The van der Waals surface area contributed by atoms with Gasteiger partial charge in [0.2, 0.25) is 0 Å². The van der Waals surface area contributed by atoms with Crippen LogP contribution < -0.4 is 0 Å². The number of hydrogen-bond donors (Lipinski definition) is 1. The Bertz CT molecular complexity index is 209. The molecule has 0 bridgehead atoms. The first kappa shape index (κ1) is 13.1. The van der Waals surface area contributed by atoms with Crippen molar-refractivity contribution in [2.24, 2.45) is 0 Å². The van der Waals surface area contributed by atoms with Gasteiger partial charge in [0.15, 0.2) is 0 Å². The largest absolute Gasteiger partial charge is 0.394 e. The normalized spacial score (nSPS) is 9.14. The first-order valence-electron chi connectivity index (χ1n) is 4.93. The predicted molar refractivity (Wildman–Crippen MR) is 59.5 cm³/mol. The molecule has 14 heavy (non-hydrogen) atoms. The van der Waals surface area contributed by atoms with Gasteiger partial charge in [-0.15, -0.1) is 0 Å². The molecule has 1 aromatic rings. The van der Waals surface area contributed by atoms with E-state index in [1.165, 1.54) is 11.1 Å². The van der Waals surface area contributed by atoms with Crippen molar-refractivity contribution in [1.82, 2.24) is 0 Å². The number of benzene rings is 1. The molecule has 0 aliphatic heterocycles. The Labute approximate surface area is 86.5 Å². The molecule has 0 heterocycles. The average molecular weight is 196 g/mol. The highest BCUT2D eigenvalue weighted by molar-refractivity contribution is 5.23. The summed E-state index contributed by atoms with van der Waals surface area (Å²) in [6.45, 7) is 7.44. The highest BCUT2D eigenvalue weighted by Gasteiger charge is 1.83. The molecule has 80 valence electrons. The van der Waals surface area contributed by atoms with Crippen molar-refractivity contribution in [3.8, 4) is 0 Å². The van der Waals surface area contributed by atoms with Crippen molar-refractivity contribution in [3.63, 3.8) is 0 Å². The lowest BCUT2D eigenvalue weighted by Crippen LogP contribution is -1.96. The molecule has 0 saturated carbocycles. The molecule has 0 aliphatic rings. The second-order valence-corrected chi connectivity index (χ2v) is 3.00. The summed E-state index contributed by atoms with van der Waals surface area (Å²) in [4.78, 5) is 0. The highest BCUT2D eigenvalue weighted by atomic mass is 16.5. The maximum atomic E-state index is 8.07. The van der Waals surface area contributed by atoms with Crippen LogP contribution in [0.3, 0.4) is 0 Å². The van der Waals surface area contributed by atoms with E-state index in [4.69, 9.17) is 9.84 Å². The van der Waals surface area contributed by atoms with Gasteiger partial charge < -0.3 is 9.84 Å². The van der Waals surface area contributed by atoms with Crippen LogP contribution in [0.2, 0.25) is 0 Å². The standard InChI is InChI=1S/C8H10.C4H10O2/c1-7-5-3-4-6-8(7)2;1-2-6-4-3-5/h3-6H,1-2H3;5H,2-4H2,1H3. The number of aliphatic hydroxyl groups excluding tert-OH is 1. The summed E-state index contributed by atoms with van der Waals surface area (Å²) in [6.07, 6.45) is 0. The summed E-state index contributed by atoms with van der Waals surface area (Å²) in [5.41, 5.74) is 2.74. The van der Waals surface area contributed by atoms with Crippen LogP contribution >= 0.6 is 0 Å². The lowest BCUT2D eigenvalue weighted by atomic mass is 10.1. The van der Waals surface area contributed by atoms with E-state index >= 15 is 0 Å². The van der Waals surface area contributed by atoms with Gasteiger partial charge in [0.1, 0.15) is 0 Å². The van der Waals surface area contributed by atoms with Gasteiger partial charge in [0.05, 0.1) is 13.2 Å². The Morgan fingerprint density at radius 1 is 1.14 bits per heavy atom. The first-order valence-corrected chi connectivity index (χ1v) is 4.93. The van der Waals surface area contributed by atoms with Crippen molar-refractivity contribution in [1.29, 1.82) is 0 Å². The molecule has 0 fully saturated rings. The van der Waals surface area contributed by atoms with Gasteiger partial charge >= 0.3 is 0 Å². The van der Waals surface area contributed by atoms with Gasteiger partial charge in [0, 0.05) is 6.61 Å². The SMILES string of the molecule is CCOCCO.Cc1ccccc1C. The Morgan fingerprint density at radius 2 is 1.64 bits per heavy atom. The van der Waals surface area contributed by atoms with Crippen LogP contribution in [0, 0.1) is 13.8 Å². The number of rotatable bonds is 3. The average Bonchev–Trinajstić information content (AvgIpc) is 2.20. The molecule has 0 aliphatic carbocycles. The van der Waals surface area contributed by atoms with Gasteiger partial charge in [-0.2, -0.15) is 0 Å². The minimum absolute atomic E-state index is 0.133. The fourth-order valence-electron chi connectivity index (χ4n) is 0.872. The number of aliphatic hydroxyl groups is 1. The van der Waals surface area contributed by atoms with Crippen molar-refractivity contribution >= 4 is 0 Å². The minimum Gasteiger partial charge on any atom is -0.394 e. The third-order valence-electron chi connectivity index (χ3n) is 1.87. The van der Waals surface area contributed by atoms with E-state index in [0.717, 1.165) is 0 Å². The zero-order chi connectivity index (χ0) is 10.8. The number of aryl methyl sites for hydroxylation is 2. The summed E-state index contributed by atoms with van der Waals surface area (Å²) in [6, 6.07) is 8.36. The maximum absolute atomic E-state index is 8.07. The van der Waals surface area contributed by atoms with Gasteiger partial charge in [-0.25, -0.2) is 0 Å². The summed E-state index contributed by atoms with van der Waals surface area (Å²) >= 11 is 0. The Hall–Kier alpha value is -0.860. The van der Waals surface area contributed by atoms with E-state index < -0.39 is 0 Å². The number of hydrogen-bond acceptors (Lipinski definition) is 2. The third kappa shape index (κ3) is 6.63. The first-order chi connectivity index (χ1) is 6.72. The van der Waals surface area contributed by atoms with E-state index in [1.807, 2.05) is 6.92 Å². The highest BCUT2D eigenvalue weighted by Crippen LogP contribution is 2.02. The molecule has 2 heteroatoms. The molecule has 0 amide bonds. The second kappa shape index (κ2) is 8.73. The molecule has 1 rings (SSSR count). The zero-order valence-electron chi connectivity index (χ0n) is 9.29. The lowest BCUT2D eigenvalue weighted by Gasteiger charge is -1.93. The van der Waals surface area contributed by atoms with E-state index in [-0.39, 0.29) is 6.61 Å². The molecule has 0 spiro atoms. The van der Waals surface area contributed by atoms with Crippen LogP contribution in [0.25, 0.3) is 0 Å². The van der Waals surface area contributed by atoms with E-state index in [2.05, 4.69) is 38.1 Å². The fourth-order valence-corrected chi connectivity index (χ4v) is 0.872. The van der Waals surface area contributed by atoms with Crippen LogP contribution in [0.1, 0.15) is 18.1 Å². The van der Waals surface area contributed by atoms with Gasteiger partial charge in [-0.05, 0) is 31.9 Å². The Balaban J connectivity index is 0.000000255. The fraction of sp³-hybridized carbons (Fsp3) is 0.500. The van der Waals surface area contributed by atoms with Gasteiger partial charge in [-0.3, -0.25) is 0 Å². The van der Waals surface area contributed by atoms with Crippen molar-refractivity contribution in [2.75, 3.05) is 19.8 Å². The predicted octanol–water partition coefficient (Wildman–Crippen LogP) is 2.32. The molecule has 0 atom stereocenters. The summed E-state index contributed by atoms with van der Waals surface area (Å²) < 4.78 is 4.73. The quantitative estimate of drug-likeness (QED) is 0.752. The summed E-state index contributed by atoms with van der Waals surface area (Å²) in [5.74, 6) is 0. The van der Waals surface area contributed by atoms with Crippen LogP contribution in [0.4, 0.5) is 0 Å². The Kier molecular flexibility index (Phi) is 8.19. The topological polar surface area (TPSA) is 29.5 Å². The molecule has 0 unspecified atom stereocenters. The van der Waals surface area contributed by atoms with E-state index in [0.29, 0.717) is 13.2 Å². The number of ether oxygens (including phenoxy) is 1. The second-order valence-electron chi connectivity index (χ2n) is 3.00. The lowest BCUT2D eigenvalue weighted by molar-refractivity contribution is 0.102. The Morgan fingerprint density at radius 3 is 1.86 bits per heavy atom. The molecule has 2 nitrogen and oxygen atoms in total. The molecular formula is C12H20O2. The molecule has 0 radical (unpaired) electrons. The monoisotopic (exact) mass is 196 g/mol.